The molecule has 158 valence electrons. The molecule has 2 unspecified atom stereocenters. The third-order valence-electron chi connectivity index (χ3n) is 5.50. The SMILES string of the molecule is Cc1ccc(-c2nnc(CCC(=O)NCCCCN3CC(C)CC(C)C3)o2)cc1. The van der Waals surface area contributed by atoms with Gasteiger partial charge in [-0.1, -0.05) is 31.5 Å². The molecule has 1 amide bonds. The number of hydrogen-bond acceptors (Lipinski definition) is 5. The molecular formula is C23H34N4O2. The number of carbonyl (C=O) groups excluding carboxylic acids is 1. The number of amides is 1. The molecule has 0 saturated carbocycles. The second-order valence-corrected chi connectivity index (χ2v) is 8.63. The summed E-state index contributed by atoms with van der Waals surface area (Å²) in [5, 5.41) is 11.1. The van der Waals surface area contributed by atoms with Crippen LogP contribution in [0.2, 0.25) is 0 Å². The zero-order valence-electron chi connectivity index (χ0n) is 18.0. The highest BCUT2D eigenvalue weighted by molar-refractivity contribution is 5.75. The fraction of sp³-hybridized carbons (Fsp3) is 0.609. The van der Waals surface area contributed by atoms with Gasteiger partial charge in [-0.15, -0.1) is 10.2 Å². The van der Waals surface area contributed by atoms with E-state index in [1.165, 1.54) is 25.1 Å². The van der Waals surface area contributed by atoms with E-state index in [4.69, 9.17) is 4.42 Å². The van der Waals surface area contributed by atoms with Gasteiger partial charge in [-0.3, -0.25) is 4.79 Å². The van der Waals surface area contributed by atoms with Crippen molar-refractivity contribution in [2.75, 3.05) is 26.2 Å². The average Bonchev–Trinajstić information content (AvgIpc) is 3.15. The summed E-state index contributed by atoms with van der Waals surface area (Å²) in [5.41, 5.74) is 2.08. The normalized spacial score (nSPS) is 20.0. The lowest BCUT2D eigenvalue weighted by Crippen LogP contribution is -2.39. The number of benzene rings is 1. The van der Waals surface area contributed by atoms with E-state index in [1.807, 2.05) is 31.2 Å². The maximum absolute atomic E-state index is 12.1. The van der Waals surface area contributed by atoms with Crippen molar-refractivity contribution in [3.05, 3.63) is 35.7 Å². The Morgan fingerprint density at radius 1 is 1.14 bits per heavy atom. The number of likely N-dealkylation sites (tertiary alicyclic amines) is 1. The zero-order chi connectivity index (χ0) is 20.6. The Hall–Kier alpha value is -2.21. The van der Waals surface area contributed by atoms with Crippen molar-refractivity contribution >= 4 is 5.91 Å². The number of rotatable bonds is 9. The van der Waals surface area contributed by atoms with Crippen LogP contribution in [-0.2, 0) is 11.2 Å². The van der Waals surface area contributed by atoms with Crippen LogP contribution in [0.1, 0.15) is 51.0 Å². The molecule has 0 spiro atoms. The lowest BCUT2D eigenvalue weighted by molar-refractivity contribution is -0.121. The van der Waals surface area contributed by atoms with Crippen molar-refractivity contribution in [1.82, 2.24) is 20.4 Å². The van der Waals surface area contributed by atoms with E-state index in [1.54, 1.807) is 0 Å². The van der Waals surface area contributed by atoms with Crippen LogP contribution < -0.4 is 5.32 Å². The fourth-order valence-corrected chi connectivity index (χ4v) is 4.14. The van der Waals surface area contributed by atoms with Crippen LogP contribution >= 0.6 is 0 Å². The minimum absolute atomic E-state index is 0.0419. The number of piperidine rings is 1. The van der Waals surface area contributed by atoms with Gasteiger partial charge in [0.15, 0.2) is 0 Å². The van der Waals surface area contributed by atoms with E-state index in [0.29, 0.717) is 24.6 Å². The van der Waals surface area contributed by atoms with Crippen molar-refractivity contribution in [3.63, 3.8) is 0 Å². The first-order valence-electron chi connectivity index (χ1n) is 10.9. The summed E-state index contributed by atoms with van der Waals surface area (Å²) in [4.78, 5) is 14.6. The molecule has 0 radical (unpaired) electrons. The predicted molar refractivity (Wildman–Crippen MR) is 114 cm³/mol. The number of hydrogen-bond donors (Lipinski definition) is 1. The summed E-state index contributed by atoms with van der Waals surface area (Å²) in [6.45, 7) is 11.0. The van der Waals surface area contributed by atoms with Crippen LogP contribution in [-0.4, -0.2) is 47.2 Å². The largest absolute Gasteiger partial charge is 0.421 e. The van der Waals surface area contributed by atoms with Crippen LogP contribution in [0.25, 0.3) is 11.5 Å². The maximum atomic E-state index is 12.1. The Labute approximate surface area is 174 Å². The van der Waals surface area contributed by atoms with Crippen LogP contribution in [0.15, 0.2) is 28.7 Å². The second kappa shape index (κ2) is 10.5. The Balaban J connectivity index is 1.30. The summed E-state index contributed by atoms with van der Waals surface area (Å²) in [7, 11) is 0. The van der Waals surface area contributed by atoms with Gasteiger partial charge in [-0.05, 0) is 56.7 Å². The van der Waals surface area contributed by atoms with Crippen molar-refractivity contribution < 1.29 is 9.21 Å². The number of aromatic nitrogens is 2. The number of nitrogens with one attached hydrogen (secondary N) is 1. The molecular weight excluding hydrogens is 364 g/mol. The summed E-state index contributed by atoms with van der Waals surface area (Å²) in [6.07, 6.45) is 4.33. The molecule has 29 heavy (non-hydrogen) atoms. The molecule has 2 heterocycles. The highest BCUT2D eigenvalue weighted by Crippen LogP contribution is 2.21. The molecule has 1 aliphatic rings. The lowest BCUT2D eigenvalue weighted by Gasteiger charge is -2.34. The highest BCUT2D eigenvalue weighted by Gasteiger charge is 2.21. The first-order valence-corrected chi connectivity index (χ1v) is 10.9. The second-order valence-electron chi connectivity index (χ2n) is 8.63. The molecule has 0 bridgehead atoms. The van der Waals surface area contributed by atoms with E-state index >= 15 is 0 Å². The number of unbranched alkanes of at least 4 members (excludes halogenated alkanes) is 1. The van der Waals surface area contributed by atoms with E-state index in [9.17, 15) is 4.79 Å². The minimum Gasteiger partial charge on any atom is -0.421 e. The number of nitrogens with zero attached hydrogens (tertiary/aromatic N) is 3. The van der Waals surface area contributed by atoms with Crippen molar-refractivity contribution in [2.24, 2.45) is 11.8 Å². The van der Waals surface area contributed by atoms with Crippen LogP contribution in [0.3, 0.4) is 0 Å². The van der Waals surface area contributed by atoms with Gasteiger partial charge in [0.1, 0.15) is 0 Å². The topological polar surface area (TPSA) is 71.3 Å². The molecule has 1 saturated heterocycles. The number of aryl methyl sites for hydroxylation is 2. The standard InChI is InChI=1S/C23H34N4O2/c1-17-6-8-20(9-7-17)23-26-25-22(29-23)11-10-21(28)24-12-4-5-13-27-15-18(2)14-19(3)16-27/h6-9,18-19H,4-5,10-16H2,1-3H3,(H,24,28). The van der Waals surface area contributed by atoms with Gasteiger partial charge in [0, 0.05) is 38.0 Å². The third-order valence-corrected chi connectivity index (χ3v) is 5.50. The highest BCUT2D eigenvalue weighted by atomic mass is 16.4. The molecule has 6 heteroatoms. The van der Waals surface area contributed by atoms with Crippen LogP contribution in [0.5, 0.6) is 0 Å². The lowest BCUT2D eigenvalue weighted by atomic mass is 9.92. The Morgan fingerprint density at radius 2 is 1.86 bits per heavy atom. The van der Waals surface area contributed by atoms with Crippen LogP contribution in [0, 0.1) is 18.8 Å². The molecule has 3 rings (SSSR count). The molecule has 1 fully saturated rings. The van der Waals surface area contributed by atoms with Gasteiger partial charge in [0.25, 0.3) is 0 Å². The fourth-order valence-electron chi connectivity index (χ4n) is 4.14. The first-order chi connectivity index (χ1) is 14.0. The van der Waals surface area contributed by atoms with Gasteiger partial charge in [-0.25, -0.2) is 0 Å². The van der Waals surface area contributed by atoms with Gasteiger partial charge < -0.3 is 14.6 Å². The quantitative estimate of drug-likeness (QED) is 0.650. The van der Waals surface area contributed by atoms with E-state index < -0.39 is 0 Å². The summed E-state index contributed by atoms with van der Waals surface area (Å²) in [6, 6.07) is 7.95. The average molecular weight is 399 g/mol. The van der Waals surface area contributed by atoms with Gasteiger partial charge >= 0.3 is 0 Å². The Morgan fingerprint density at radius 3 is 2.59 bits per heavy atom. The Bertz CT molecular complexity index is 761. The molecule has 1 aliphatic heterocycles. The van der Waals surface area contributed by atoms with Gasteiger partial charge in [-0.2, -0.15) is 0 Å². The predicted octanol–water partition coefficient (Wildman–Crippen LogP) is 3.85. The monoisotopic (exact) mass is 398 g/mol. The van der Waals surface area contributed by atoms with Crippen molar-refractivity contribution in [1.29, 1.82) is 0 Å². The maximum Gasteiger partial charge on any atom is 0.247 e. The minimum atomic E-state index is 0.0419. The zero-order valence-corrected chi connectivity index (χ0v) is 18.0. The molecule has 0 aliphatic carbocycles. The molecule has 1 aromatic carbocycles. The molecule has 2 aromatic rings. The smallest absolute Gasteiger partial charge is 0.247 e. The van der Waals surface area contributed by atoms with E-state index in [-0.39, 0.29) is 5.91 Å². The van der Waals surface area contributed by atoms with Crippen molar-refractivity contribution in [3.8, 4) is 11.5 Å². The summed E-state index contributed by atoms with van der Waals surface area (Å²) < 4.78 is 5.68. The van der Waals surface area contributed by atoms with E-state index in [2.05, 4.69) is 34.3 Å². The van der Waals surface area contributed by atoms with Crippen molar-refractivity contribution in [2.45, 2.75) is 52.9 Å². The first kappa shape index (κ1) is 21.5. The Kier molecular flexibility index (Phi) is 7.81. The third kappa shape index (κ3) is 6.96. The summed E-state index contributed by atoms with van der Waals surface area (Å²) in [5.74, 6) is 2.65. The molecule has 2 atom stereocenters. The molecule has 1 N–H and O–H groups in total. The summed E-state index contributed by atoms with van der Waals surface area (Å²) >= 11 is 0. The van der Waals surface area contributed by atoms with E-state index in [0.717, 1.165) is 43.3 Å². The number of carbonyl (C=O) groups is 1. The molecule has 1 aromatic heterocycles. The van der Waals surface area contributed by atoms with Gasteiger partial charge in [0.2, 0.25) is 17.7 Å². The molecule has 6 nitrogen and oxygen atoms in total. The van der Waals surface area contributed by atoms with Crippen LogP contribution in [0.4, 0.5) is 0 Å². The van der Waals surface area contributed by atoms with Gasteiger partial charge in [0.05, 0.1) is 0 Å².